The lowest BCUT2D eigenvalue weighted by Gasteiger charge is -2.44. The van der Waals surface area contributed by atoms with Crippen LogP contribution in [0.1, 0.15) is 19.4 Å². The Hall–Kier alpha value is -1.94. The van der Waals surface area contributed by atoms with E-state index < -0.39 is 21.1 Å². The molecule has 26 heavy (non-hydrogen) atoms. The Labute approximate surface area is 151 Å². The number of carbonyl (C=O) groups is 1. The molecule has 0 aromatic carbocycles. The summed E-state index contributed by atoms with van der Waals surface area (Å²) in [5, 5.41) is 0. The molecule has 2 aliphatic heterocycles. The standard InChI is InChI=1S/C16H24N4O5S/c1-10(2)7-19-3-4-20(13-9-26(24,25)8-12(13)19)14(21)5-11-6-17-16(23)18-15(11)22/h6,10,12-13H,3-5,7-9H2,1-2H3,(H2,17,18,22,23)/t12-,13+/m0/s1. The molecule has 0 bridgehead atoms. The van der Waals surface area contributed by atoms with Crippen molar-refractivity contribution in [3.05, 3.63) is 32.6 Å². The second-order valence-corrected chi connectivity index (χ2v) is 9.62. The van der Waals surface area contributed by atoms with Crippen LogP contribution in [-0.2, 0) is 21.1 Å². The van der Waals surface area contributed by atoms with E-state index in [0.717, 1.165) is 6.54 Å². The highest BCUT2D eigenvalue weighted by molar-refractivity contribution is 7.91. The van der Waals surface area contributed by atoms with Gasteiger partial charge in [-0.3, -0.25) is 19.5 Å². The Morgan fingerprint density at radius 3 is 2.58 bits per heavy atom. The lowest BCUT2D eigenvalue weighted by atomic mass is 10.0. The SMILES string of the molecule is CC(C)CN1CCN(C(=O)Cc2c[nH]c(=O)[nH]c2=O)[C@@H]2CS(=O)(=O)C[C@@H]21. The van der Waals surface area contributed by atoms with Crippen LogP contribution in [0.4, 0.5) is 0 Å². The van der Waals surface area contributed by atoms with Gasteiger partial charge in [0.25, 0.3) is 5.56 Å². The summed E-state index contributed by atoms with van der Waals surface area (Å²) in [7, 11) is -3.20. The van der Waals surface area contributed by atoms with Crippen molar-refractivity contribution >= 4 is 15.7 Å². The van der Waals surface area contributed by atoms with E-state index in [0.29, 0.717) is 19.0 Å². The molecule has 0 saturated carbocycles. The third-order valence-electron chi connectivity index (χ3n) is 4.95. The zero-order valence-electron chi connectivity index (χ0n) is 14.9. The van der Waals surface area contributed by atoms with Crippen molar-refractivity contribution < 1.29 is 13.2 Å². The Balaban J connectivity index is 1.80. The van der Waals surface area contributed by atoms with Gasteiger partial charge in [-0.15, -0.1) is 0 Å². The largest absolute Gasteiger partial charge is 0.336 e. The number of hydrogen-bond donors (Lipinski definition) is 2. The summed E-state index contributed by atoms with van der Waals surface area (Å²) in [6.45, 7) is 6.00. The van der Waals surface area contributed by atoms with Crippen LogP contribution < -0.4 is 11.2 Å². The molecule has 2 N–H and O–H groups in total. The molecule has 2 saturated heterocycles. The van der Waals surface area contributed by atoms with Gasteiger partial charge >= 0.3 is 5.69 Å². The van der Waals surface area contributed by atoms with Crippen molar-refractivity contribution in [2.45, 2.75) is 32.4 Å². The number of H-pyrrole nitrogens is 2. The van der Waals surface area contributed by atoms with Gasteiger partial charge in [0.1, 0.15) is 0 Å². The van der Waals surface area contributed by atoms with Crippen molar-refractivity contribution in [2.24, 2.45) is 5.92 Å². The Morgan fingerprint density at radius 2 is 1.92 bits per heavy atom. The van der Waals surface area contributed by atoms with E-state index in [4.69, 9.17) is 0 Å². The molecule has 1 aromatic heterocycles. The van der Waals surface area contributed by atoms with Gasteiger partial charge in [-0.2, -0.15) is 0 Å². The zero-order chi connectivity index (χ0) is 19.1. The van der Waals surface area contributed by atoms with E-state index in [9.17, 15) is 22.8 Å². The summed E-state index contributed by atoms with van der Waals surface area (Å²) >= 11 is 0. The molecular formula is C16H24N4O5S. The first-order chi connectivity index (χ1) is 12.2. The first-order valence-electron chi connectivity index (χ1n) is 8.71. The molecule has 144 valence electrons. The number of nitrogens with zero attached hydrogens (tertiary/aromatic N) is 2. The average molecular weight is 384 g/mol. The number of hydrogen-bond acceptors (Lipinski definition) is 6. The molecule has 1 aromatic rings. The third kappa shape index (κ3) is 3.90. The molecular weight excluding hydrogens is 360 g/mol. The number of amides is 1. The minimum atomic E-state index is -3.20. The van der Waals surface area contributed by atoms with Crippen LogP contribution in [-0.4, -0.2) is 77.3 Å². The maximum atomic E-state index is 12.8. The average Bonchev–Trinajstić information content (AvgIpc) is 2.85. The van der Waals surface area contributed by atoms with Crippen LogP contribution in [0, 0.1) is 5.92 Å². The highest BCUT2D eigenvalue weighted by Crippen LogP contribution is 2.28. The van der Waals surface area contributed by atoms with Gasteiger partial charge in [-0.05, 0) is 5.92 Å². The molecule has 0 spiro atoms. The highest BCUT2D eigenvalue weighted by atomic mass is 32.2. The van der Waals surface area contributed by atoms with Crippen molar-refractivity contribution in [1.82, 2.24) is 19.8 Å². The van der Waals surface area contributed by atoms with Gasteiger partial charge in [0, 0.05) is 37.4 Å². The van der Waals surface area contributed by atoms with Crippen molar-refractivity contribution in [3.63, 3.8) is 0 Å². The second kappa shape index (κ2) is 6.99. The number of sulfone groups is 1. The van der Waals surface area contributed by atoms with Crippen molar-refractivity contribution in [1.29, 1.82) is 0 Å². The normalized spacial score (nSPS) is 25.4. The van der Waals surface area contributed by atoms with Gasteiger partial charge in [0.2, 0.25) is 5.91 Å². The predicted octanol–water partition coefficient (Wildman–Crippen LogP) is -1.43. The maximum Gasteiger partial charge on any atom is 0.325 e. The minimum Gasteiger partial charge on any atom is -0.336 e. The van der Waals surface area contributed by atoms with Gasteiger partial charge < -0.3 is 9.88 Å². The summed E-state index contributed by atoms with van der Waals surface area (Å²) in [4.78, 5) is 43.9. The third-order valence-corrected chi connectivity index (χ3v) is 6.65. The van der Waals surface area contributed by atoms with Crippen LogP contribution >= 0.6 is 0 Å². The molecule has 3 rings (SSSR count). The summed E-state index contributed by atoms with van der Waals surface area (Å²) in [6.07, 6.45) is 1.07. The highest BCUT2D eigenvalue weighted by Gasteiger charge is 2.47. The summed E-state index contributed by atoms with van der Waals surface area (Å²) in [5.74, 6) is 0.132. The Morgan fingerprint density at radius 1 is 1.23 bits per heavy atom. The molecule has 0 aliphatic carbocycles. The molecule has 2 aliphatic rings. The van der Waals surface area contributed by atoms with Gasteiger partial charge in [-0.1, -0.05) is 13.8 Å². The number of carbonyl (C=O) groups excluding carboxylic acids is 1. The number of nitrogens with one attached hydrogen (secondary N) is 2. The fourth-order valence-corrected chi connectivity index (χ4v) is 5.88. The first-order valence-corrected chi connectivity index (χ1v) is 10.5. The maximum absolute atomic E-state index is 12.8. The molecule has 2 fully saturated rings. The molecule has 10 heteroatoms. The lowest BCUT2D eigenvalue weighted by Crippen LogP contribution is -2.61. The summed E-state index contributed by atoms with van der Waals surface area (Å²) < 4.78 is 24.4. The van der Waals surface area contributed by atoms with Crippen molar-refractivity contribution in [3.8, 4) is 0 Å². The van der Waals surface area contributed by atoms with E-state index in [1.54, 1.807) is 4.90 Å². The molecule has 1 amide bonds. The monoisotopic (exact) mass is 384 g/mol. The van der Waals surface area contributed by atoms with Gasteiger partial charge in [0.15, 0.2) is 9.84 Å². The number of piperazine rings is 1. The molecule has 0 radical (unpaired) electrons. The van der Waals surface area contributed by atoms with Crippen LogP contribution in [0.3, 0.4) is 0 Å². The number of fused-ring (bicyclic) bond motifs is 1. The predicted molar refractivity (Wildman–Crippen MR) is 95.7 cm³/mol. The minimum absolute atomic E-state index is 0.0417. The van der Waals surface area contributed by atoms with E-state index in [1.165, 1.54) is 6.20 Å². The quantitative estimate of drug-likeness (QED) is 0.656. The summed E-state index contributed by atoms with van der Waals surface area (Å²) in [6, 6.07) is -0.587. The number of aromatic amines is 2. The van der Waals surface area contributed by atoms with Crippen LogP contribution in [0.25, 0.3) is 0 Å². The molecule has 3 heterocycles. The van der Waals surface area contributed by atoms with E-state index in [2.05, 4.69) is 28.7 Å². The fourth-order valence-electron chi connectivity index (χ4n) is 3.86. The van der Waals surface area contributed by atoms with Crippen LogP contribution in [0.15, 0.2) is 15.8 Å². The first kappa shape index (κ1) is 18.8. The van der Waals surface area contributed by atoms with Gasteiger partial charge in [-0.25, -0.2) is 13.2 Å². The van der Waals surface area contributed by atoms with Crippen LogP contribution in [0.5, 0.6) is 0 Å². The molecule has 9 nitrogen and oxygen atoms in total. The Kier molecular flexibility index (Phi) is 5.07. The molecule has 0 unspecified atom stereocenters. The zero-order valence-corrected chi connectivity index (χ0v) is 15.7. The molecule has 2 atom stereocenters. The number of aromatic nitrogens is 2. The smallest absolute Gasteiger partial charge is 0.325 e. The van der Waals surface area contributed by atoms with E-state index >= 15 is 0 Å². The van der Waals surface area contributed by atoms with E-state index in [-0.39, 0.29) is 41.5 Å². The Bertz CT molecular complexity index is 904. The number of rotatable bonds is 4. The van der Waals surface area contributed by atoms with Gasteiger partial charge in [0.05, 0.1) is 24.0 Å². The van der Waals surface area contributed by atoms with Crippen LogP contribution in [0.2, 0.25) is 0 Å². The topological polar surface area (TPSA) is 123 Å². The fraction of sp³-hybridized carbons (Fsp3) is 0.688. The summed E-state index contributed by atoms with van der Waals surface area (Å²) in [5.41, 5.74) is -1.07. The van der Waals surface area contributed by atoms with E-state index in [1.807, 2.05) is 0 Å². The lowest BCUT2D eigenvalue weighted by molar-refractivity contribution is -0.136. The van der Waals surface area contributed by atoms with Crippen molar-refractivity contribution in [2.75, 3.05) is 31.1 Å². The second-order valence-electron chi connectivity index (χ2n) is 7.46.